The molecule has 1 amide bonds. The highest BCUT2D eigenvalue weighted by atomic mass is 16.2. The van der Waals surface area contributed by atoms with E-state index in [1.165, 1.54) is 19.4 Å². The molecule has 3 fully saturated rings. The van der Waals surface area contributed by atoms with Gasteiger partial charge >= 0.3 is 0 Å². The van der Waals surface area contributed by atoms with Gasteiger partial charge in [0.05, 0.1) is 12.2 Å². The summed E-state index contributed by atoms with van der Waals surface area (Å²) in [6.45, 7) is 8.75. The maximum atomic E-state index is 12.6. The Labute approximate surface area is 116 Å². The van der Waals surface area contributed by atoms with Crippen LogP contribution in [0.5, 0.6) is 0 Å². The van der Waals surface area contributed by atoms with Crippen LogP contribution in [0.15, 0.2) is 0 Å². The number of hydrogen-bond donors (Lipinski definition) is 1. The normalized spacial score (nSPS) is 38.2. The molecule has 0 bridgehead atoms. The van der Waals surface area contributed by atoms with E-state index in [-0.39, 0.29) is 12.2 Å². The molecule has 4 nitrogen and oxygen atoms in total. The van der Waals surface area contributed by atoms with Gasteiger partial charge in [-0.2, -0.15) is 0 Å². The molecule has 1 aliphatic carbocycles. The van der Waals surface area contributed by atoms with Crippen LogP contribution in [0.2, 0.25) is 0 Å². The third-order valence-electron chi connectivity index (χ3n) is 5.22. The van der Waals surface area contributed by atoms with E-state index in [1.807, 2.05) is 0 Å². The quantitative estimate of drug-likeness (QED) is 0.835. The third-order valence-corrected chi connectivity index (χ3v) is 5.22. The van der Waals surface area contributed by atoms with Gasteiger partial charge in [0.1, 0.15) is 0 Å². The molecule has 1 N–H and O–H groups in total. The van der Waals surface area contributed by atoms with E-state index in [2.05, 4.69) is 35.9 Å². The Kier molecular flexibility index (Phi) is 3.56. The number of carbonyl (C=O) groups is 1. The van der Waals surface area contributed by atoms with Crippen molar-refractivity contribution < 1.29 is 4.79 Å². The average molecular weight is 265 g/mol. The van der Waals surface area contributed by atoms with Crippen LogP contribution in [-0.2, 0) is 4.79 Å². The van der Waals surface area contributed by atoms with E-state index in [0.717, 1.165) is 25.4 Å². The molecule has 1 saturated carbocycles. The van der Waals surface area contributed by atoms with Gasteiger partial charge in [-0.1, -0.05) is 20.3 Å². The lowest BCUT2D eigenvalue weighted by Gasteiger charge is -2.28. The van der Waals surface area contributed by atoms with E-state index in [9.17, 15) is 4.79 Å². The Morgan fingerprint density at radius 1 is 1.32 bits per heavy atom. The molecule has 3 rings (SSSR count). The van der Waals surface area contributed by atoms with Gasteiger partial charge < -0.3 is 4.90 Å². The van der Waals surface area contributed by atoms with Crippen molar-refractivity contribution in [2.75, 3.05) is 13.1 Å². The van der Waals surface area contributed by atoms with Crippen LogP contribution in [-0.4, -0.2) is 53.1 Å². The zero-order valence-electron chi connectivity index (χ0n) is 12.4. The average Bonchev–Trinajstić information content (AvgIpc) is 3.07. The minimum absolute atomic E-state index is 0.0370. The second-order valence-corrected chi connectivity index (χ2v) is 6.62. The van der Waals surface area contributed by atoms with Gasteiger partial charge in [-0.25, -0.2) is 0 Å². The summed E-state index contributed by atoms with van der Waals surface area (Å²) in [4.78, 5) is 17.4. The lowest BCUT2D eigenvalue weighted by molar-refractivity contribution is -0.132. The molecule has 2 heterocycles. The molecular formula is C15H27N3O. The molecule has 0 aromatic rings. The predicted octanol–water partition coefficient (Wildman–Crippen LogP) is 1.42. The van der Waals surface area contributed by atoms with Crippen molar-refractivity contribution in [3.8, 4) is 0 Å². The van der Waals surface area contributed by atoms with Gasteiger partial charge in [0.2, 0.25) is 5.91 Å². The Balaban J connectivity index is 1.65. The maximum absolute atomic E-state index is 12.6. The van der Waals surface area contributed by atoms with Gasteiger partial charge in [-0.05, 0) is 32.1 Å². The first kappa shape index (κ1) is 13.4. The lowest BCUT2D eigenvalue weighted by Crippen LogP contribution is -2.44. The Hall–Kier alpha value is -0.610. The summed E-state index contributed by atoms with van der Waals surface area (Å²) < 4.78 is 0. The standard InChI is InChI=1S/C15H27N3O/c1-4-10(2)14-15(19)18(11(3)16-14)13-7-8-17(9-13)12-5-6-12/h10-14,16H,4-9H2,1-3H3. The zero-order chi connectivity index (χ0) is 13.6. The maximum Gasteiger partial charge on any atom is 0.241 e. The molecule has 2 saturated heterocycles. The molecule has 4 heteroatoms. The summed E-state index contributed by atoms with van der Waals surface area (Å²) >= 11 is 0. The molecule has 2 aliphatic heterocycles. The molecule has 4 atom stereocenters. The first-order valence-corrected chi connectivity index (χ1v) is 7.94. The highest BCUT2D eigenvalue weighted by molar-refractivity contribution is 5.85. The monoisotopic (exact) mass is 265 g/mol. The number of hydrogen-bond acceptors (Lipinski definition) is 3. The summed E-state index contributed by atoms with van der Waals surface area (Å²) in [5.41, 5.74) is 0. The van der Waals surface area contributed by atoms with Crippen LogP contribution in [0.3, 0.4) is 0 Å². The Morgan fingerprint density at radius 2 is 2.05 bits per heavy atom. The third kappa shape index (κ3) is 2.40. The van der Waals surface area contributed by atoms with Crippen molar-refractivity contribution in [1.82, 2.24) is 15.1 Å². The fourth-order valence-corrected chi connectivity index (χ4v) is 3.67. The van der Waals surface area contributed by atoms with Crippen LogP contribution in [0.4, 0.5) is 0 Å². The number of rotatable bonds is 4. The lowest BCUT2D eigenvalue weighted by atomic mass is 9.99. The molecule has 0 aromatic carbocycles. The van der Waals surface area contributed by atoms with E-state index in [1.54, 1.807) is 0 Å². The first-order valence-electron chi connectivity index (χ1n) is 7.94. The van der Waals surface area contributed by atoms with Crippen LogP contribution in [0.1, 0.15) is 46.5 Å². The first-order chi connectivity index (χ1) is 9.11. The smallest absolute Gasteiger partial charge is 0.241 e. The summed E-state index contributed by atoms with van der Waals surface area (Å²) in [5.74, 6) is 0.769. The molecule has 19 heavy (non-hydrogen) atoms. The van der Waals surface area contributed by atoms with Gasteiger partial charge in [-0.3, -0.25) is 15.0 Å². The molecular weight excluding hydrogens is 238 g/mol. The van der Waals surface area contributed by atoms with Crippen molar-refractivity contribution in [3.63, 3.8) is 0 Å². The Bertz CT molecular complexity index is 355. The second-order valence-electron chi connectivity index (χ2n) is 6.62. The van der Waals surface area contributed by atoms with Gasteiger partial charge in [0.25, 0.3) is 0 Å². The highest BCUT2D eigenvalue weighted by Crippen LogP contribution is 2.33. The number of nitrogens with one attached hydrogen (secondary N) is 1. The van der Waals surface area contributed by atoms with E-state index in [0.29, 0.717) is 17.9 Å². The molecule has 0 aromatic heterocycles. The Morgan fingerprint density at radius 3 is 2.68 bits per heavy atom. The summed E-state index contributed by atoms with van der Waals surface area (Å²) in [6, 6.07) is 1.30. The SMILES string of the molecule is CCC(C)C1NC(C)N(C2CCN(C3CC3)C2)C1=O. The van der Waals surface area contributed by atoms with E-state index in [4.69, 9.17) is 0 Å². The highest BCUT2D eigenvalue weighted by Gasteiger charge is 2.45. The van der Waals surface area contributed by atoms with Crippen LogP contribution < -0.4 is 5.32 Å². The minimum Gasteiger partial charge on any atom is -0.322 e. The minimum atomic E-state index is 0.0370. The van der Waals surface area contributed by atoms with Crippen LogP contribution in [0.25, 0.3) is 0 Å². The predicted molar refractivity (Wildman–Crippen MR) is 75.7 cm³/mol. The largest absolute Gasteiger partial charge is 0.322 e. The number of carbonyl (C=O) groups excluding carboxylic acids is 1. The summed E-state index contributed by atoms with van der Waals surface area (Å²) in [7, 11) is 0. The number of amides is 1. The van der Waals surface area contributed by atoms with Crippen molar-refractivity contribution in [1.29, 1.82) is 0 Å². The molecule has 0 radical (unpaired) electrons. The molecule has 0 spiro atoms. The molecule has 4 unspecified atom stereocenters. The topological polar surface area (TPSA) is 35.6 Å². The number of likely N-dealkylation sites (tertiary alicyclic amines) is 1. The van der Waals surface area contributed by atoms with Crippen LogP contribution in [0, 0.1) is 5.92 Å². The summed E-state index contributed by atoms with van der Waals surface area (Å²) in [6.07, 6.45) is 5.15. The second kappa shape index (κ2) is 5.06. The summed E-state index contributed by atoms with van der Waals surface area (Å²) in [5, 5.41) is 3.50. The fourth-order valence-electron chi connectivity index (χ4n) is 3.67. The number of nitrogens with zero attached hydrogens (tertiary/aromatic N) is 2. The van der Waals surface area contributed by atoms with Crippen LogP contribution >= 0.6 is 0 Å². The zero-order valence-corrected chi connectivity index (χ0v) is 12.4. The van der Waals surface area contributed by atoms with Gasteiger partial charge in [-0.15, -0.1) is 0 Å². The van der Waals surface area contributed by atoms with E-state index >= 15 is 0 Å². The van der Waals surface area contributed by atoms with Crippen molar-refractivity contribution >= 4 is 5.91 Å². The molecule has 3 aliphatic rings. The van der Waals surface area contributed by atoms with Crippen molar-refractivity contribution in [2.24, 2.45) is 5.92 Å². The van der Waals surface area contributed by atoms with Crippen molar-refractivity contribution in [2.45, 2.75) is 70.7 Å². The van der Waals surface area contributed by atoms with Gasteiger partial charge in [0.15, 0.2) is 0 Å². The van der Waals surface area contributed by atoms with Crippen molar-refractivity contribution in [3.05, 3.63) is 0 Å². The molecule has 108 valence electrons. The van der Waals surface area contributed by atoms with E-state index < -0.39 is 0 Å². The fraction of sp³-hybridized carbons (Fsp3) is 0.933. The van der Waals surface area contributed by atoms with Gasteiger partial charge in [0, 0.05) is 25.2 Å².